The van der Waals surface area contributed by atoms with Gasteiger partial charge in [-0.05, 0) is 59.3 Å². The van der Waals surface area contributed by atoms with Gasteiger partial charge in [-0.3, -0.25) is 19.2 Å². The van der Waals surface area contributed by atoms with Gasteiger partial charge in [-0.25, -0.2) is 4.79 Å². The van der Waals surface area contributed by atoms with E-state index >= 15 is 0 Å². The second-order valence-corrected chi connectivity index (χ2v) is 24.1. The third-order valence-electron chi connectivity index (χ3n) is 14.5. The molecular weight excluding hydrogens is 1020 g/mol. The number of carboxylic acid groups (broad SMARTS) is 1. The largest absolute Gasteiger partial charge is 0.481 e. The van der Waals surface area contributed by atoms with Crippen molar-refractivity contribution < 1.29 is 53.1 Å². The number of unbranched alkanes of at least 4 members (excludes halogenated alkanes) is 41. The summed E-state index contributed by atoms with van der Waals surface area (Å²) in [7, 11) is 0. The zero-order valence-electron chi connectivity index (χ0n) is 55.3. The lowest BCUT2D eigenvalue weighted by molar-refractivity contribution is -0.160. The molecule has 0 aromatic heterocycles. The minimum absolute atomic E-state index is 0.00794. The number of aliphatic carboxylic acids is 1. The summed E-state index contributed by atoms with van der Waals surface area (Å²) in [5, 5.41) is 17.9. The molecule has 0 aliphatic heterocycles. The molecule has 0 heterocycles. The molecule has 484 valence electrons. The quantitative estimate of drug-likeness (QED) is 0.0339. The maximum absolute atomic E-state index is 11.7. The van der Waals surface area contributed by atoms with Gasteiger partial charge in [0.2, 0.25) is 0 Å². The number of hydrogen-bond acceptors (Lipinski definition) is 10. The number of hydrogen-bond donors (Lipinski definition) is 2. The Morgan fingerprint density at radius 1 is 0.296 bits per heavy atom. The predicted octanol–water partition coefficient (Wildman–Crippen LogP) is 21.2. The van der Waals surface area contributed by atoms with Crippen LogP contribution in [0.3, 0.4) is 0 Å². The number of carbonyl (C=O) groups is 5. The normalized spacial score (nSPS) is 11.3. The topological polar surface area (TPSA) is 163 Å². The lowest BCUT2D eigenvalue weighted by atomic mass is 9.98. The van der Waals surface area contributed by atoms with Crippen LogP contribution < -0.4 is 0 Å². The van der Waals surface area contributed by atoms with Crippen molar-refractivity contribution in [1.82, 2.24) is 0 Å². The van der Waals surface area contributed by atoms with Crippen molar-refractivity contribution in [2.75, 3.05) is 26.4 Å². The summed E-state index contributed by atoms with van der Waals surface area (Å²) in [6.07, 6.45) is 58.3. The summed E-state index contributed by atoms with van der Waals surface area (Å²) in [6, 6.07) is 0. The molecule has 0 aromatic rings. The summed E-state index contributed by atoms with van der Waals surface area (Å²) >= 11 is 0. The predicted molar refractivity (Wildman–Crippen MR) is 342 cm³/mol. The highest BCUT2D eigenvalue weighted by Crippen LogP contribution is 2.16. The van der Waals surface area contributed by atoms with Crippen molar-refractivity contribution in [2.45, 2.75) is 389 Å². The first-order chi connectivity index (χ1) is 39.2. The van der Waals surface area contributed by atoms with Gasteiger partial charge in [-0.15, -0.1) is 0 Å². The highest BCUT2D eigenvalue weighted by molar-refractivity contribution is 5.81. The molecule has 0 saturated carbocycles. The van der Waals surface area contributed by atoms with Crippen LogP contribution in [0.1, 0.15) is 383 Å². The first kappa shape index (κ1) is 84.8. The summed E-state index contributed by atoms with van der Waals surface area (Å²) in [6.45, 7) is 20.2. The number of carboxylic acids is 1. The van der Waals surface area contributed by atoms with Crippen LogP contribution in [0.5, 0.6) is 0 Å². The summed E-state index contributed by atoms with van der Waals surface area (Å²) < 4.78 is 20.6. The van der Waals surface area contributed by atoms with E-state index in [1.165, 1.54) is 238 Å². The Hall–Kier alpha value is -2.69. The van der Waals surface area contributed by atoms with Crippen molar-refractivity contribution in [3.05, 3.63) is 0 Å². The van der Waals surface area contributed by atoms with Crippen molar-refractivity contribution in [3.63, 3.8) is 0 Å². The van der Waals surface area contributed by atoms with Crippen LogP contribution >= 0.6 is 0 Å². The standard InChI is InChI=1S/C24H48O2.C21H42O2.C20H38O5.C5H10O2/c1-3-5-7-9-11-12-13-14-15-16-17-18-20-22-24(25)26-23-21-19-10-8-6-4-2;1-3-5-7-9-10-11-12-13-14-16-18-20-23-21(22)19-17-15-8-6-4-2;1-3-5-7-9-11-13-15-24-19(22)17-18(21)20(23)25-16-14-12-10-8-6-4-2;1-5(2,3)4(6)7/h3-23H2,1-2H3;3-20H2,1-2H3;18,21H,3-17H2,1-2H3;1-3H3,(H,6,7). The second kappa shape index (κ2) is 71.6. The fourth-order valence-corrected chi connectivity index (χ4v) is 8.84. The van der Waals surface area contributed by atoms with Gasteiger partial charge in [-0.2, -0.15) is 0 Å². The first-order valence-electron chi connectivity index (χ1n) is 34.7. The average Bonchev–Trinajstić information content (AvgIpc) is 3.44. The minimum Gasteiger partial charge on any atom is -0.481 e. The van der Waals surface area contributed by atoms with Crippen molar-refractivity contribution >= 4 is 29.8 Å². The maximum Gasteiger partial charge on any atom is 0.335 e. The Morgan fingerprint density at radius 2 is 0.481 bits per heavy atom. The van der Waals surface area contributed by atoms with Crippen molar-refractivity contribution in [2.24, 2.45) is 5.41 Å². The molecule has 11 heteroatoms. The molecule has 0 amide bonds. The molecule has 1 atom stereocenters. The SMILES string of the molecule is CC(C)(C)C(=O)O.CCCCCCCCCCCCCCCC(=O)OCCCCCCCC.CCCCCCCCCCCCCOC(=O)CCCCCCC.CCCCCCCCOC(=O)CC(O)C(=O)OCCCCCCCC. The number of ether oxygens (including phenoxy) is 4. The van der Waals surface area contributed by atoms with Gasteiger partial charge in [0.15, 0.2) is 6.10 Å². The third-order valence-corrected chi connectivity index (χ3v) is 14.5. The smallest absolute Gasteiger partial charge is 0.335 e. The first-order valence-corrected chi connectivity index (χ1v) is 34.7. The van der Waals surface area contributed by atoms with Gasteiger partial charge in [0, 0.05) is 12.8 Å². The Bertz CT molecular complexity index is 1300. The van der Waals surface area contributed by atoms with Crippen LogP contribution in [-0.2, 0) is 42.9 Å². The zero-order chi connectivity index (χ0) is 61.0. The van der Waals surface area contributed by atoms with Crippen LogP contribution in [0.2, 0.25) is 0 Å². The van der Waals surface area contributed by atoms with E-state index in [1.807, 2.05) is 0 Å². The van der Waals surface area contributed by atoms with Crippen LogP contribution in [-0.4, -0.2) is 72.6 Å². The fourth-order valence-electron chi connectivity index (χ4n) is 8.84. The molecule has 0 aromatic carbocycles. The van der Waals surface area contributed by atoms with E-state index in [2.05, 4.69) is 41.5 Å². The Morgan fingerprint density at radius 3 is 0.704 bits per heavy atom. The van der Waals surface area contributed by atoms with E-state index in [0.717, 1.165) is 64.2 Å². The molecular formula is C70H138O11. The van der Waals surface area contributed by atoms with Gasteiger partial charge in [0.1, 0.15) is 0 Å². The number of rotatable bonds is 56. The monoisotopic (exact) mass is 1160 g/mol. The molecule has 0 bridgehead atoms. The van der Waals surface area contributed by atoms with Gasteiger partial charge in [0.25, 0.3) is 0 Å². The van der Waals surface area contributed by atoms with Gasteiger partial charge in [0.05, 0.1) is 38.3 Å². The summed E-state index contributed by atoms with van der Waals surface area (Å²) in [4.78, 5) is 56.4. The molecule has 0 fully saturated rings. The van der Waals surface area contributed by atoms with Gasteiger partial charge in [-0.1, -0.05) is 305 Å². The summed E-state index contributed by atoms with van der Waals surface area (Å²) in [5.41, 5.74) is -0.583. The Balaban J connectivity index is -0.000000517. The maximum atomic E-state index is 11.7. The lowest BCUT2D eigenvalue weighted by Crippen LogP contribution is -2.27. The van der Waals surface area contributed by atoms with Crippen molar-refractivity contribution in [1.29, 1.82) is 0 Å². The van der Waals surface area contributed by atoms with E-state index in [1.54, 1.807) is 20.8 Å². The molecule has 0 spiro atoms. The number of esters is 4. The molecule has 81 heavy (non-hydrogen) atoms. The number of carbonyl (C=O) groups excluding carboxylic acids is 4. The average molecular weight is 1160 g/mol. The lowest BCUT2D eigenvalue weighted by Gasteiger charge is -2.10. The van der Waals surface area contributed by atoms with E-state index in [-0.39, 0.29) is 18.4 Å². The molecule has 2 N–H and O–H groups in total. The van der Waals surface area contributed by atoms with Crippen molar-refractivity contribution in [3.8, 4) is 0 Å². The molecule has 11 nitrogen and oxygen atoms in total. The van der Waals surface area contributed by atoms with E-state index in [0.29, 0.717) is 39.3 Å². The highest BCUT2D eigenvalue weighted by atomic mass is 16.6. The third kappa shape index (κ3) is 79.4. The van der Waals surface area contributed by atoms with Crippen LogP contribution in [0.25, 0.3) is 0 Å². The van der Waals surface area contributed by atoms with E-state index < -0.39 is 29.4 Å². The highest BCUT2D eigenvalue weighted by Gasteiger charge is 2.21. The molecule has 0 aliphatic carbocycles. The summed E-state index contributed by atoms with van der Waals surface area (Å²) in [5.74, 6) is -2.01. The fraction of sp³-hybridized carbons (Fsp3) is 0.929. The Kier molecular flexibility index (Phi) is 74.9. The van der Waals surface area contributed by atoms with Crippen LogP contribution in [0.15, 0.2) is 0 Å². The molecule has 0 saturated heterocycles. The molecule has 1 unspecified atom stereocenters. The molecule has 0 rings (SSSR count). The zero-order valence-corrected chi connectivity index (χ0v) is 55.3. The Labute approximate surface area is 502 Å². The number of aliphatic hydroxyl groups excluding tert-OH is 1. The number of aliphatic hydroxyl groups is 1. The second-order valence-electron chi connectivity index (χ2n) is 24.1. The van der Waals surface area contributed by atoms with E-state index in [4.69, 9.17) is 24.1 Å². The van der Waals surface area contributed by atoms with Gasteiger partial charge >= 0.3 is 29.8 Å². The van der Waals surface area contributed by atoms with E-state index in [9.17, 15) is 29.1 Å². The molecule has 0 aliphatic rings. The van der Waals surface area contributed by atoms with Crippen LogP contribution in [0.4, 0.5) is 0 Å². The van der Waals surface area contributed by atoms with Gasteiger partial charge < -0.3 is 29.2 Å². The minimum atomic E-state index is -1.42. The van der Waals surface area contributed by atoms with Crippen LogP contribution in [0, 0.1) is 5.41 Å². The molecule has 0 radical (unpaired) electrons.